The molecule has 0 amide bonds. The summed E-state index contributed by atoms with van der Waals surface area (Å²) in [5.41, 5.74) is 5.33. The number of pyridine rings is 2. The Morgan fingerprint density at radius 1 is 0.875 bits per heavy atom. The summed E-state index contributed by atoms with van der Waals surface area (Å²) in [6.45, 7) is 0.495. The van der Waals surface area contributed by atoms with Gasteiger partial charge in [-0.15, -0.1) is 12.4 Å². The number of fused-ring (bicyclic) bond motifs is 1. The van der Waals surface area contributed by atoms with Crippen LogP contribution in [-0.4, -0.2) is 19.9 Å². The Morgan fingerprint density at radius 3 is 2.59 bits per heavy atom. The predicted octanol–water partition coefficient (Wildman–Crippen LogP) is 6.26. The van der Waals surface area contributed by atoms with Crippen LogP contribution in [0.15, 0.2) is 85.1 Å². The van der Waals surface area contributed by atoms with Crippen molar-refractivity contribution in [3.8, 4) is 17.3 Å². The van der Waals surface area contributed by atoms with Gasteiger partial charge in [-0.3, -0.25) is 0 Å². The van der Waals surface area contributed by atoms with E-state index in [1.165, 1.54) is 0 Å². The molecule has 0 radical (unpaired) electrons. The minimum Gasteiger partial charge on any atom is -0.489 e. The quantitative estimate of drug-likeness (QED) is 0.323. The highest BCUT2D eigenvalue weighted by molar-refractivity contribution is 6.30. The van der Waals surface area contributed by atoms with Crippen LogP contribution in [0.3, 0.4) is 0 Å². The number of nitrogens with one attached hydrogen (secondary N) is 1. The number of imidazole rings is 1. The largest absolute Gasteiger partial charge is 0.489 e. The minimum atomic E-state index is 0. The molecule has 3 aromatic heterocycles. The Labute approximate surface area is 196 Å². The molecule has 1 N–H and O–H groups in total. The van der Waals surface area contributed by atoms with Gasteiger partial charge in [0.05, 0.1) is 5.52 Å². The molecule has 5 rings (SSSR count). The van der Waals surface area contributed by atoms with Gasteiger partial charge in [0.2, 0.25) is 0 Å². The van der Waals surface area contributed by atoms with Gasteiger partial charge in [-0.1, -0.05) is 48.0 Å². The van der Waals surface area contributed by atoms with Crippen molar-refractivity contribution < 1.29 is 4.74 Å². The summed E-state index contributed by atoms with van der Waals surface area (Å²) in [6, 6.07) is 25.5. The number of hydrogen-bond acceptors (Lipinski definition) is 4. The lowest BCUT2D eigenvalue weighted by Crippen LogP contribution is -2.01. The van der Waals surface area contributed by atoms with Crippen LogP contribution in [-0.2, 0) is 13.0 Å². The van der Waals surface area contributed by atoms with Crippen LogP contribution in [0.1, 0.15) is 16.8 Å². The van der Waals surface area contributed by atoms with E-state index in [1.807, 2.05) is 78.9 Å². The minimum absolute atomic E-state index is 0. The number of nitrogens with zero attached hydrogens (tertiary/aromatic N) is 3. The molecule has 2 aromatic carbocycles. The Kier molecular flexibility index (Phi) is 6.69. The first kappa shape index (κ1) is 21.8. The summed E-state index contributed by atoms with van der Waals surface area (Å²) in [5.74, 6) is 1.50. The summed E-state index contributed by atoms with van der Waals surface area (Å²) in [7, 11) is 0. The molecule has 5 aromatic rings. The number of benzene rings is 2. The Balaban J connectivity index is 0.00000245. The third-order valence-corrected chi connectivity index (χ3v) is 5.17. The van der Waals surface area contributed by atoms with Gasteiger partial charge >= 0.3 is 0 Å². The van der Waals surface area contributed by atoms with Crippen molar-refractivity contribution in [3.63, 3.8) is 0 Å². The molecule has 32 heavy (non-hydrogen) atoms. The van der Waals surface area contributed by atoms with Gasteiger partial charge < -0.3 is 9.72 Å². The van der Waals surface area contributed by atoms with Crippen LogP contribution in [0.5, 0.6) is 5.75 Å². The SMILES string of the molecule is Cl.Clc1ccc(OCc2ccccc2)c(Cc2cccc(-c3nc4ncccc4[nH]3)n2)c1. The molecule has 0 unspecified atom stereocenters. The van der Waals surface area contributed by atoms with Gasteiger partial charge in [0.25, 0.3) is 0 Å². The van der Waals surface area contributed by atoms with Crippen molar-refractivity contribution in [1.29, 1.82) is 0 Å². The second-order valence-electron chi connectivity index (χ2n) is 7.18. The number of aromatic amines is 1. The van der Waals surface area contributed by atoms with Crippen molar-refractivity contribution in [3.05, 3.63) is 107 Å². The first-order chi connectivity index (χ1) is 15.2. The molecule has 0 aliphatic rings. The number of halogens is 2. The maximum atomic E-state index is 6.27. The van der Waals surface area contributed by atoms with E-state index in [9.17, 15) is 0 Å². The van der Waals surface area contributed by atoms with Crippen LogP contribution in [0.25, 0.3) is 22.7 Å². The van der Waals surface area contributed by atoms with E-state index in [2.05, 4.69) is 15.0 Å². The van der Waals surface area contributed by atoms with E-state index < -0.39 is 0 Å². The molecule has 0 bridgehead atoms. The lowest BCUT2D eigenvalue weighted by Gasteiger charge is -2.12. The predicted molar refractivity (Wildman–Crippen MR) is 129 cm³/mol. The molecule has 5 nitrogen and oxygen atoms in total. The number of hydrogen-bond donors (Lipinski definition) is 1. The zero-order valence-electron chi connectivity index (χ0n) is 17.0. The first-order valence-electron chi connectivity index (χ1n) is 9.97. The zero-order chi connectivity index (χ0) is 21.0. The highest BCUT2D eigenvalue weighted by Gasteiger charge is 2.11. The number of H-pyrrole nitrogens is 1. The molecule has 0 saturated heterocycles. The maximum absolute atomic E-state index is 6.27. The Bertz CT molecular complexity index is 1310. The smallest absolute Gasteiger partial charge is 0.178 e. The van der Waals surface area contributed by atoms with Gasteiger partial charge in [-0.05, 0) is 48.0 Å². The number of rotatable bonds is 6. The van der Waals surface area contributed by atoms with E-state index in [1.54, 1.807) is 6.20 Å². The standard InChI is InChI=1S/C25H19ClN4O.ClH/c26-19-11-12-23(31-16-17-6-2-1-3-7-17)18(14-19)15-20-8-4-9-22(28-20)25-29-21-10-5-13-27-24(21)30-25;/h1-14H,15-16H2,(H,27,29,30);1H. The average Bonchev–Trinajstić information content (AvgIpc) is 3.24. The fourth-order valence-electron chi connectivity index (χ4n) is 3.43. The van der Waals surface area contributed by atoms with Crippen molar-refractivity contribution >= 4 is 35.2 Å². The third-order valence-electron chi connectivity index (χ3n) is 4.94. The molecular formula is C25H20Cl2N4O. The van der Waals surface area contributed by atoms with Crippen LogP contribution in [0.4, 0.5) is 0 Å². The molecule has 0 atom stereocenters. The van der Waals surface area contributed by atoms with E-state index in [0.717, 1.165) is 33.8 Å². The zero-order valence-corrected chi connectivity index (χ0v) is 18.6. The fraction of sp³-hybridized carbons (Fsp3) is 0.0800. The average molecular weight is 463 g/mol. The van der Waals surface area contributed by atoms with E-state index in [0.29, 0.717) is 29.5 Å². The lowest BCUT2D eigenvalue weighted by molar-refractivity contribution is 0.303. The number of aromatic nitrogens is 4. The van der Waals surface area contributed by atoms with Crippen LogP contribution >= 0.6 is 24.0 Å². The Morgan fingerprint density at radius 2 is 1.75 bits per heavy atom. The van der Waals surface area contributed by atoms with Crippen molar-refractivity contribution in [1.82, 2.24) is 19.9 Å². The number of ether oxygens (including phenoxy) is 1. The summed E-state index contributed by atoms with van der Waals surface area (Å²) in [5, 5.41) is 0.668. The highest BCUT2D eigenvalue weighted by atomic mass is 35.5. The molecule has 0 aliphatic carbocycles. The second-order valence-corrected chi connectivity index (χ2v) is 7.61. The second kappa shape index (κ2) is 9.81. The monoisotopic (exact) mass is 462 g/mol. The molecule has 0 spiro atoms. The van der Waals surface area contributed by atoms with Gasteiger partial charge in [0.1, 0.15) is 18.1 Å². The molecule has 0 saturated carbocycles. The molecule has 160 valence electrons. The molecule has 3 heterocycles. The molecule has 7 heteroatoms. The molecule has 0 fully saturated rings. The van der Waals surface area contributed by atoms with E-state index in [-0.39, 0.29) is 12.4 Å². The molecule has 0 aliphatic heterocycles. The summed E-state index contributed by atoms with van der Waals surface area (Å²) < 4.78 is 6.09. The maximum Gasteiger partial charge on any atom is 0.178 e. The normalized spacial score (nSPS) is 10.7. The highest BCUT2D eigenvalue weighted by Crippen LogP contribution is 2.27. The summed E-state index contributed by atoms with van der Waals surface area (Å²) in [6.07, 6.45) is 2.32. The van der Waals surface area contributed by atoms with Gasteiger partial charge in [-0.25, -0.2) is 15.0 Å². The van der Waals surface area contributed by atoms with Crippen molar-refractivity contribution in [2.24, 2.45) is 0 Å². The van der Waals surface area contributed by atoms with Crippen molar-refractivity contribution in [2.45, 2.75) is 13.0 Å². The first-order valence-corrected chi connectivity index (χ1v) is 10.3. The van der Waals surface area contributed by atoms with Crippen LogP contribution in [0, 0.1) is 0 Å². The van der Waals surface area contributed by atoms with E-state index in [4.69, 9.17) is 21.3 Å². The fourth-order valence-corrected chi connectivity index (χ4v) is 3.63. The van der Waals surface area contributed by atoms with Crippen LogP contribution in [0.2, 0.25) is 5.02 Å². The summed E-state index contributed by atoms with van der Waals surface area (Å²) in [4.78, 5) is 16.9. The van der Waals surface area contributed by atoms with Gasteiger partial charge in [-0.2, -0.15) is 0 Å². The third kappa shape index (κ3) is 4.90. The summed E-state index contributed by atoms with van der Waals surface area (Å²) >= 11 is 6.27. The van der Waals surface area contributed by atoms with Gasteiger partial charge in [0, 0.05) is 28.9 Å². The van der Waals surface area contributed by atoms with Gasteiger partial charge in [0.15, 0.2) is 11.5 Å². The van der Waals surface area contributed by atoms with Crippen molar-refractivity contribution in [2.75, 3.05) is 0 Å². The lowest BCUT2D eigenvalue weighted by atomic mass is 10.1. The molecular weight excluding hydrogens is 443 g/mol. The van der Waals surface area contributed by atoms with E-state index >= 15 is 0 Å². The topological polar surface area (TPSA) is 63.7 Å². The van der Waals surface area contributed by atoms with Crippen LogP contribution < -0.4 is 4.74 Å². The Hall–Kier alpha value is -3.41.